The zero-order valence-electron chi connectivity index (χ0n) is 11.3. The Hall–Kier alpha value is -1.38. The predicted molar refractivity (Wildman–Crippen MR) is 71.8 cm³/mol. The summed E-state index contributed by atoms with van der Waals surface area (Å²) < 4.78 is 13.6. The molecule has 1 aromatic carbocycles. The van der Waals surface area contributed by atoms with E-state index in [1.165, 1.54) is 25.8 Å². The first kappa shape index (κ1) is 13.1. The first-order valence-corrected chi connectivity index (χ1v) is 6.59. The SMILES string of the molecule is CCN(CC1CC1)c1cc(C)c(F)cc1C(C)=O. The van der Waals surface area contributed by atoms with Crippen LogP contribution in [-0.2, 0) is 0 Å². The number of halogens is 1. The summed E-state index contributed by atoms with van der Waals surface area (Å²) in [6.07, 6.45) is 2.54. The van der Waals surface area contributed by atoms with E-state index in [-0.39, 0.29) is 11.6 Å². The summed E-state index contributed by atoms with van der Waals surface area (Å²) >= 11 is 0. The van der Waals surface area contributed by atoms with Gasteiger partial charge in [-0.1, -0.05) is 0 Å². The number of anilines is 1. The fourth-order valence-electron chi connectivity index (χ4n) is 2.22. The van der Waals surface area contributed by atoms with E-state index >= 15 is 0 Å². The maximum absolute atomic E-state index is 13.6. The Morgan fingerprint density at radius 2 is 2.11 bits per heavy atom. The fraction of sp³-hybridized carbons (Fsp3) is 0.533. The summed E-state index contributed by atoms with van der Waals surface area (Å²) in [5.41, 5.74) is 1.99. The summed E-state index contributed by atoms with van der Waals surface area (Å²) in [5, 5.41) is 0. The second-order valence-electron chi connectivity index (χ2n) is 5.16. The predicted octanol–water partition coefficient (Wildman–Crippen LogP) is 3.57. The first-order chi connectivity index (χ1) is 8.52. The van der Waals surface area contributed by atoms with Crippen molar-refractivity contribution in [2.75, 3.05) is 18.0 Å². The number of hydrogen-bond acceptors (Lipinski definition) is 2. The summed E-state index contributed by atoms with van der Waals surface area (Å²) in [4.78, 5) is 13.9. The molecule has 0 bridgehead atoms. The highest BCUT2D eigenvalue weighted by atomic mass is 19.1. The average molecular weight is 249 g/mol. The molecule has 1 aromatic rings. The van der Waals surface area contributed by atoms with Crippen LogP contribution in [0.25, 0.3) is 0 Å². The van der Waals surface area contributed by atoms with Crippen LogP contribution < -0.4 is 4.90 Å². The second-order valence-corrected chi connectivity index (χ2v) is 5.16. The summed E-state index contributed by atoms with van der Waals surface area (Å²) in [5.74, 6) is 0.375. The minimum atomic E-state index is -0.300. The van der Waals surface area contributed by atoms with Gasteiger partial charge >= 0.3 is 0 Å². The Labute approximate surface area is 108 Å². The standard InChI is InChI=1S/C15H20FNO/c1-4-17(9-12-5-6-12)15-7-10(2)14(16)8-13(15)11(3)18/h7-8,12H,4-6,9H2,1-3H3. The number of hydrogen-bond donors (Lipinski definition) is 0. The van der Waals surface area contributed by atoms with Crippen LogP contribution in [0.5, 0.6) is 0 Å². The Morgan fingerprint density at radius 3 is 2.61 bits per heavy atom. The molecule has 98 valence electrons. The van der Waals surface area contributed by atoms with Crippen molar-refractivity contribution in [2.24, 2.45) is 5.92 Å². The van der Waals surface area contributed by atoms with E-state index in [9.17, 15) is 9.18 Å². The summed E-state index contributed by atoms with van der Waals surface area (Å²) in [6.45, 7) is 7.14. The van der Waals surface area contributed by atoms with Crippen molar-refractivity contribution in [3.8, 4) is 0 Å². The van der Waals surface area contributed by atoms with Gasteiger partial charge in [0.2, 0.25) is 0 Å². The van der Waals surface area contributed by atoms with E-state index in [4.69, 9.17) is 0 Å². The van der Waals surface area contributed by atoms with Gasteiger partial charge in [0.25, 0.3) is 0 Å². The molecule has 0 aromatic heterocycles. The van der Waals surface area contributed by atoms with E-state index in [1.54, 1.807) is 13.0 Å². The van der Waals surface area contributed by atoms with Crippen molar-refractivity contribution in [3.63, 3.8) is 0 Å². The molecule has 1 fully saturated rings. The molecule has 0 saturated heterocycles. The van der Waals surface area contributed by atoms with E-state index in [0.29, 0.717) is 11.1 Å². The highest BCUT2D eigenvalue weighted by molar-refractivity contribution is 5.99. The molecule has 1 saturated carbocycles. The Morgan fingerprint density at radius 1 is 1.44 bits per heavy atom. The molecule has 1 aliphatic rings. The molecule has 0 N–H and O–H groups in total. The van der Waals surface area contributed by atoms with Gasteiger partial charge in [0, 0.05) is 24.3 Å². The smallest absolute Gasteiger partial charge is 0.161 e. The number of aryl methyl sites for hydroxylation is 1. The van der Waals surface area contributed by atoms with E-state index in [2.05, 4.69) is 11.8 Å². The lowest BCUT2D eigenvalue weighted by Gasteiger charge is -2.25. The van der Waals surface area contributed by atoms with Crippen LogP contribution in [0.2, 0.25) is 0 Å². The van der Waals surface area contributed by atoms with Gasteiger partial charge in [-0.2, -0.15) is 0 Å². The zero-order valence-corrected chi connectivity index (χ0v) is 11.3. The number of Topliss-reactive ketones (excluding diaryl/α,β-unsaturated/α-hetero) is 1. The number of rotatable bonds is 5. The lowest BCUT2D eigenvalue weighted by Crippen LogP contribution is -2.27. The number of ketones is 1. The normalized spacial score (nSPS) is 14.7. The van der Waals surface area contributed by atoms with Gasteiger partial charge in [-0.15, -0.1) is 0 Å². The number of carbonyl (C=O) groups excluding carboxylic acids is 1. The molecule has 2 rings (SSSR count). The highest BCUT2D eigenvalue weighted by Gasteiger charge is 2.25. The van der Waals surface area contributed by atoms with E-state index in [0.717, 1.165) is 24.7 Å². The van der Waals surface area contributed by atoms with Crippen LogP contribution in [0.3, 0.4) is 0 Å². The van der Waals surface area contributed by atoms with Crippen LogP contribution >= 0.6 is 0 Å². The van der Waals surface area contributed by atoms with Crippen molar-refractivity contribution >= 4 is 11.5 Å². The summed E-state index contributed by atoms with van der Waals surface area (Å²) in [6, 6.07) is 3.18. The molecule has 0 spiro atoms. The topological polar surface area (TPSA) is 20.3 Å². The largest absolute Gasteiger partial charge is 0.371 e. The number of nitrogens with zero attached hydrogens (tertiary/aromatic N) is 1. The van der Waals surface area contributed by atoms with Crippen molar-refractivity contribution in [2.45, 2.75) is 33.6 Å². The van der Waals surface area contributed by atoms with Gasteiger partial charge in [0.1, 0.15) is 5.82 Å². The average Bonchev–Trinajstić information content (AvgIpc) is 3.13. The van der Waals surface area contributed by atoms with Crippen molar-refractivity contribution in [1.82, 2.24) is 0 Å². The molecule has 18 heavy (non-hydrogen) atoms. The minimum absolute atomic E-state index is 0.0712. The molecule has 2 nitrogen and oxygen atoms in total. The van der Waals surface area contributed by atoms with E-state index < -0.39 is 0 Å². The number of benzene rings is 1. The molecular weight excluding hydrogens is 229 g/mol. The van der Waals surface area contributed by atoms with Gasteiger partial charge < -0.3 is 4.90 Å². The first-order valence-electron chi connectivity index (χ1n) is 6.59. The third-order valence-corrected chi connectivity index (χ3v) is 3.55. The minimum Gasteiger partial charge on any atom is -0.371 e. The van der Waals surface area contributed by atoms with Gasteiger partial charge in [-0.3, -0.25) is 4.79 Å². The maximum Gasteiger partial charge on any atom is 0.161 e. The van der Waals surface area contributed by atoms with E-state index in [1.807, 2.05) is 0 Å². The van der Waals surface area contributed by atoms with Crippen LogP contribution in [-0.4, -0.2) is 18.9 Å². The number of carbonyl (C=O) groups is 1. The van der Waals surface area contributed by atoms with Crippen molar-refractivity contribution in [1.29, 1.82) is 0 Å². The zero-order chi connectivity index (χ0) is 13.3. The lowest BCUT2D eigenvalue weighted by atomic mass is 10.0. The monoisotopic (exact) mass is 249 g/mol. The molecular formula is C15H20FNO. The molecule has 0 radical (unpaired) electrons. The molecule has 0 amide bonds. The molecule has 1 aliphatic carbocycles. The van der Waals surface area contributed by atoms with Crippen LogP contribution in [0.1, 0.15) is 42.6 Å². The third-order valence-electron chi connectivity index (χ3n) is 3.55. The lowest BCUT2D eigenvalue weighted by molar-refractivity contribution is 0.101. The molecule has 0 unspecified atom stereocenters. The Balaban J connectivity index is 2.38. The van der Waals surface area contributed by atoms with Crippen LogP contribution in [0, 0.1) is 18.7 Å². The third kappa shape index (κ3) is 2.71. The Bertz CT molecular complexity index is 466. The molecule has 3 heteroatoms. The summed E-state index contributed by atoms with van der Waals surface area (Å²) in [7, 11) is 0. The quantitative estimate of drug-likeness (QED) is 0.743. The fourth-order valence-corrected chi connectivity index (χ4v) is 2.22. The second kappa shape index (κ2) is 5.09. The maximum atomic E-state index is 13.6. The molecule has 0 aliphatic heterocycles. The molecule has 0 atom stereocenters. The molecule has 0 heterocycles. The highest BCUT2D eigenvalue weighted by Crippen LogP contribution is 2.33. The van der Waals surface area contributed by atoms with Crippen molar-refractivity contribution < 1.29 is 9.18 Å². The van der Waals surface area contributed by atoms with Gasteiger partial charge in [0.15, 0.2) is 5.78 Å². The van der Waals surface area contributed by atoms with Crippen LogP contribution in [0.15, 0.2) is 12.1 Å². The van der Waals surface area contributed by atoms with Gasteiger partial charge in [0.05, 0.1) is 0 Å². The van der Waals surface area contributed by atoms with Gasteiger partial charge in [-0.25, -0.2) is 4.39 Å². The Kier molecular flexibility index (Phi) is 3.69. The van der Waals surface area contributed by atoms with Crippen LogP contribution in [0.4, 0.5) is 10.1 Å². The van der Waals surface area contributed by atoms with Crippen molar-refractivity contribution in [3.05, 3.63) is 29.1 Å². The van der Waals surface area contributed by atoms with Gasteiger partial charge in [-0.05, 0) is 57.2 Å².